The molecule has 0 saturated carbocycles. The van der Waals surface area contributed by atoms with Crippen molar-refractivity contribution in [3.05, 3.63) is 82.9 Å². The van der Waals surface area contributed by atoms with Gasteiger partial charge in [0.05, 0.1) is 18.7 Å². The van der Waals surface area contributed by atoms with Crippen LogP contribution in [-0.2, 0) is 17.6 Å². The minimum Gasteiger partial charge on any atom is -0.489 e. The van der Waals surface area contributed by atoms with Crippen LogP contribution in [0.1, 0.15) is 34.0 Å². The number of nitrogens with one attached hydrogen (secondary N) is 1. The Morgan fingerprint density at radius 2 is 1.94 bits per heavy atom. The third-order valence-corrected chi connectivity index (χ3v) is 6.04. The molecule has 182 valence electrons. The van der Waals surface area contributed by atoms with Gasteiger partial charge in [0.15, 0.2) is 0 Å². The molecule has 0 aliphatic carbocycles. The first-order chi connectivity index (χ1) is 16.8. The summed E-state index contributed by atoms with van der Waals surface area (Å²) in [6.45, 7) is 5.03. The number of carboxylic acids is 1. The Kier molecular flexibility index (Phi) is 7.25. The summed E-state index contributed by atoms with van der Waals surface area (Å²) in [5.41, 5.74) is 4.56. The molecule has 7 nitrogen and oxygen atoms in total. The summed E-state index contributed by atoms with van der Waals surface area (Å²) >= 11 is 0. The summed E-state index contributed by atoms with van der Waals surface area (Å²) in [5.74, 6) is 0.424. The van der Waals surface area contributed by atoms with Crippen molar-refractivity contribution in [2.24, 2.45) is 0 Å². The highest BCUT2D eigenvalue weighted by atomic mass is 16.5. The maximum absolute atomic E-state index is 13.1. The highest BCUT2D eigenvalue weighted by Gasteiger charge is 2.24. The van der Waals surface area contributed by atoms with Crippen molar-refractivity contribution in [2.45, 2.75) is 32.8 Å². The number of aryl methyl sites for hydroxylation is 2. The van der Waals surface area contributed by atoms with E-state index in [1.165, 1.54) is 0 Å². The van der Waals surface area contributed by atoms with E-state index in [1.807, 2.05) is 57.3 Å². The van der Waals surface area contributed by atoms with Gasteiger partial charge in [-0.15, -0.1) is 0 Å². The Balaban J connectivity index is 1.45. The number of rotatable bonds is 8. The van der Waals surface area contributed by atoms with Crippen LogP contribution >= 0.6 is 0 Å². The number of fused-ring (bicyclic) bond motifs is 1. The second kappa shape index (κ2) is 10.5. The van der Waals surface area contributed by atoms with Crippen molar-refractivity contribution in [1.29, 1.82) is 0 Å². The smallest absolute Gasteiger partial charge is 0.307 e. The van der Waals surface area contributed by atoms with E-state index in [0.717, 1.165) is 34.9 Å². The van der Waals surface area contributed by atoms with Gasteiger partial charge in [-0.05, 0) is 66.4 Å². The van der Waals surface area contributed by atoms with Gasteiger partial charge < -0.3 is 24.8 Å². The summed E-state index contributed by atoms with van der Waals surface area (Å²) < 4.78 is 12.3. The average molecular weight is 475 g/mol. The largest absolute Gasteiger partial charge is 0.489 e. The van der Waals surface area contributed by atoms with Crippen molar-refractivity contribution in [3.63, 3.8) is 0 Å². The van der Waals surface area contributed by atoms with Crippen LogP contribution in [0.5, 0.6) is 11.5 Å². The number of para-hydroxylation sites is 2. The summed E-state index contributed by atoms with van der Waals surface area (Å²) in [4.78, 5) is 26.2. The molecule has 1 aliphatic heterocycles. The van der Waals surface area contributed by atoms with E-state index in [-0.39, 0.29) is 18.4 Å². The molecule has 2 N–H and O–H groups in total. The van der Waals surface area contributed by atoms with Gasteiger partial charge in [-0.2, -0.15) is 0 Å². The minimum absolute atomic E-state index is 0.0961. The van der Waals surface area contributed by atoms with Crippen LogP contribution in [-0.4, -0.2) is 43.3 Å². The Morgan fingerprint density at radius 3 is 2.71 bits per heavy atom. The Hall–Kier alpha value is -4.00. The molecule has 0 bridgehead atoms. The fraction of sp³-hybridized carbons (Fsp3) is 0.286. The number of hydrogen-bond donors (Lipinski definition) is 2. The Bertz CT molecular complexity index is 1240. The van der Waals surface area contributed by atoms with Gasteiger partial charge in [-0.3, -0.25) is 9.59 Å². The van der Waals surface area contributed by atoms with E-state index in [9.17, 15) is 9.59 Å². The maximum atomic E-state index is 13.1. The molecular formula is C28H30N2O5. The molecule has 7 heteroatoms. The molecule has 0 saturated heterocycles. The highest BCUT2D eigenvalue weighted by molar-refractivity contribution is 6.05. The lowest BCUT2D eigenvalue weighted by Crippen LogP contribution is -2.41. The molecule has 1 heterocycles. The number of carboxylic acid groups (broad SMARTS) is 1. The lowest BCUT2D eigenvalue weighted by molar-refractivity contribution is -0.136. The molecule has 4 rings (SSSR count). The molecule has 0 unspecified atom stereocenters. The topological polar surface area (TPSA) is 88.1 Å². The van der Waals surface area contributed by atoms with Gasteiger partial charge in [-0.1, -0.05) is 31.2 Å². The first-order valence-electron chi connectivity index (χ1n) is 11.7. The maximum Gasteiger partial charge on any atom is 0.307 e. The summed E-state index contributed by atoms with van der Waals surface area (Å²) in [7, 11) is 2.04. The lowest BCUT2D eigenvalue weighted by Gasteiger charge is -2.33. The number of likely N-dealkylation sites (N-methyl/N-ethyl adjacent to an activating group) is 1. The Morgan fingerprint density at radius 1 is 1.14 bits per heavy atom. The van der Waals surface area contributed by atoms with Crippen LogP contribution in [0.3, 0.4) is 0 Å². The van der Waals surface area contributed by atoms with Crippen LogP contribution in [0.25, 0.3) is 0 Å². The normalized spacial score (nSPS) is 14.6. The zero-order valence-electron chi connectivity index (χ0n) is 20.2. The number of hydrogen-bond acceptors (Lipinski definition) is 5. The van der Waals surface area contributed by atoms with Crippen LogP contribution in [0, 0.1) is 6.92 Å². The molecule has 0 spiro atoms. The van der Waals surface area contributed by atoms with E-state index >= 15 is 0 Å². The predicted octanol–water partition coefficient (Wildman–Crippen LogP) is 4.71. The first-order valence-corrected chi connectivity index (χ1v) is 11.7. The lowest BCUT2D eigenvalue weighted by atomic mass is 10.0. The van der Waals surface area contributed by atoms with Crippen LogP contribution < -0.4 is 19.7 Å². The number of carbonyl (C=O) groups excluding carboxylic acids is 1. The second-order valence-electron chi connectivity index (χ2n) is 8.75. The first kappa shape index (κ1) is 24.1. The van der Waals surface area contributed by atoms with E-state index < -0.39 is 5.97 Å². The molecule has 3 aromatic carbocycles. The van der Waals surface area contributed by atoms with Gasteiger partial charge in [0.1, 0.15) is 24.2 Å². The number of amides is 1. The molecule has 3 aromatic rings. The molecule has 0 aromatic heterocycles. The number of anilines is 2. The monoisotopic (exact) mass is 474 g/mol. The van der Waals surface area contributed by atoms with E-state index in [4.69, 9.17) is 14.6 Å². The van der Waals surface area contributed by atoms with Gasteiger partial charge >= 0.3 is 5.97 Å². The fourth-order valence-electron chi connectivity index (χ4n) is 4.28. The summed E-state index contributed by atoms with van der Waals surface area (Å²) in [6.07, 6.45) is 0.454. The SMILES string of the molecule is CCc1cc(OC[C@@H]2CN(C)c3ccccc3O2)c(C)cc1C(=O)Nc1cccc(CC(=O)O)c1. The van der Waals surface area contributed by atoms with Crippen LogP contribution in [0.2, 0.25) is 0 Å². The standard InChI is InChI=1S/C28H30N2O5/c1-4-20-15-26(34-17-22-16-30(3)24-10-5-6-11-25(24)35-22)18(2)12-23(20)28(33)29-21-9-7-8-19(13-21)14-27(31)32/h5-13,15,22H,4,14,16-17H2,1-3H3,(H,29,33)(H,31,32)/t22-/m0/s1. The van der Waals surface area contributed by atoms with E-state index in [2.05, 4.69) is 10.2 Å². The Labute approximate surface area is 205 Å². The number of carbonyl (C=O) groups is 2. The zero-order valence-corrected chi connectivity index (χ0v) is 20.2. The van der Waals surface area contributed by atoms with Crippen LogP contribution in [0.4, 0.5) is 11.4 Å². The molecule has 35 heavy (non-hydrogen) atoms. The van der Waals surface area contributed by atoms with Gasteiger partial charge in [0.2, 0.25) is 0 Å². The molecule has 0 radical (unpaired) electrons. The van der Waals surface area contributed by atoms with Gasteiger partial charge in [0.25, 0.3) is 5.91 Å². The second-order valence-corrected chi connectivity index (χ2v) is 8.75. The van der Waals surface area contributed by atoms with Crippen LogP contribution in [0.15, 0.2) is 60.7 Å². The quantitative estimate of drug-likeness (QED) is 0.492. The van der Waals surface area contributed by atoms with Crippen molar-refractivity contribution in [1.82, 2.24) is 0 Å². The summed E-state index contributed by atoms with van der Waals surface area (Å²) in [5, 5.41) is 11.9. The summed E-state index contributed by atoms with van der Waals surface area (Å²) in [6, 6.07) is 18.6. The van der Waals surface area contributed by atoms with Crippen molar-refractivity contribution in [2.75, 3.05) is 30.4 Å². The number of benzene rings is 3. The van der Waals surface area contributed by atoms with Crippen molar-refractivity contribution < 1.29 is 24.2 Å². The number of aliphatic carboxylic acids is 1. The molecule has 1 atom stereocenters. The van der Waals surface area contributed by atoms with E-state index in [0.29, 0.717) is 29.8 Å². The predicted molar refractivity (Wildman–Crippen MR) is 136 cm³/mol. The third-order valence-electron chi connectivity index (χ3n) is 6.04. The number of nitrogens with zero attached hydrogens (tertiary/aromatic N) is 1. The molecule has 1 amide bonds. The minimum atomic E-state index is -0.914. The number of ether oxygens (including phenoxy) is 2. The van der Waals surface area contributed by atoms with Crippen molar-refractivity contribution in [3.8, 4) is 11.5 Å². The molecule has 1 aliphatic rings. The third kappa shape index (κ3) is 5.74. The van der Waals surface area contributed by atoms with Gasteiger partial charge in [0, 0.05) is 18.3 Å². The molecule has 0 fully saturated rings. The average Bonchev–Trinajstić information content (AvgIpc) is 2.83. The zero-order chi connectivity index (χ0) is 24.9. The molecular weight excluding hydrogens is 444 g/mol. The van der Waals surface area contributed by atoms with Gasteiger partial charge in [-0.25, -0.2) is 0 Å². The highest BCUT2D eigenvalue weighted by Crippen LogP contribution is 2.32. The fourth-order valence-corrected chi connectivity index (χ4v) is 4.28. The van der Waals surface area contributed by atoms with E-state index in [1.54, 1.807) is 24.3 Å². The van der Waals surface area contributed by atoms with Crippen molar-refractivity contribution >= 4 is 23.3 Å².